The van der Waals surface area contributed by atoms with Crippen LogP contribution >= 0.6 is 0 Å². The molecule has 0 saturated heterocycles. The molecular weight excluding hydrogens is 214 g/mol. The summed E-state index contributed by atoms with van der Waals surface area (Å²) in [6.07, 6.45) is 1.75. The molecule has 3 heteroatoms. The van der Waals surface area contributed by atoms with Gasteiger partial charge in [0.1, 0.15) is 0 Å². The van der Waals surface area contributed by atoms with Crippen molar-refractivity contribution in [1.82, 2.24) is 4.90 Å². The highest BCUT2D eigenvalue weighted by molar-refractivity contribution is 5.93. The molecule has 1 aliphatic rings. The fourth-order valence-electron chi connectivity index (χ4n) is 2.29. The molecule has 0 radical (unpaired) electrons. The van der Waals surface area contributed by atoms with Crippen LogP contribution in [0.25, 0.3) is 0 Å². The first kappa shape index (κ1) is 12.1. The summed E-state index contributed by atoms with van der Waals surface area (Å²) in [7, 11) is 3.49. The van der Waals surface area contributed by atoms with E-state index >= 15 is 0 Å². The summed E-state index contributed by atoms with van der Waals surface area (Å²) in [5, 5.41) is 9.79. The zero-order chi connectivity index (χ0) is 12.6. The average molecular weight is 233 g/mol. The number of aliphatic hydroxyl groups excluding tert-OH is 1. The Balaban J connectivity index is 2.22. The van der Waals surface area contributed by atoms with E-state index in [9.17, 15) is 9.90 Å². The molecule has 1 aromatic rings. The number of carbonyl (C=O) groups is 1. The number of amides is 1. The van der Waals surface area contributed by atoms with Crippen molar-refractivity contribution in [2.24, 2.45) is 0 Å². The van der Waals surface area contributed by atoms with E-state index in [-0.39, 0.29) is 17.4 Å². The number of hydrogen-bond donors (Lipinski definition) is 1. The molecule has 1 N–H and O–H groups in total. The molecule has 92 valence electrons. The first-order chi connectivity index (χ1) is 7.97. The predicted molar refractivity (Wildman–Crippen MR) is 67.1 cm³/mol. The standard InChI is InChI=1S/C14H19NO2/c1-10(16)14(8-9-14)12-6-4-11(5-7-12)13(17)15(2)3/h4-7,10,16H,8-9H2,1-3H3. The molecule has 1 aliphatic carbocycles. The van der Waals surface area contributed by atoms with Gasteiger partial charge in [-0.15, -0.1) is 0 Å². The smallest absolute Gasteiger partial charge is 0.253 e. The van der Waals surface area contributed by atoms with Gasteiger partial charge in [0.2, 0.25) is 0 Å². The minimum absolute atomic E-state index is 0.0124. The molecule has 0 heterocycles. The Morgan fingerprint density at radius 3 is 2.18 bits per heavy atom. The van der Waals surface area contributed by atoms with Gasteiger partial charge in [-0.05, 0) is 37.5 Å². The van der Waals surface area contributed by atoms with Crippen LogP contribution in [0.1, 0.15) is 35.7 Å². The lowest BCUT2D eigenvalue weighted by atomic mass is 9.90. The zero-order valence-electron chi connectivity index (χ0n) is 10.6. The van der Waals surface area contributed by atoms with Crippen molar-refractivity contribution in [2.45, 2.75) is 31.3 Å². The van der Waals surface area contributed by atoms with Crippen molar-refractivity contribution >= 4 is 5.91 Å². The lowest BCUT2D eigenvalue weighted by Crippen LogP contribution is -2.24. The van der Waals surface area contributed by atoms with E-state index in [1.165, 1.54) is 0 Å². The normalized spacial score (nSPS) is 18.6. The Kier molecular flexibility index (Phi) is 2.96. The van der Waals surface area contributed by atoms with Gasteiger partial charge in [0.15, 0.2) is 0 Å². The van der Waals surface area contributed by atoms with Crippen molar-refractivity contribution in [3.8, 4) is 0 Å². The van der Waals surface area contributed by atoms with Gasteiger partial charge in [-0.2, -0.15) is 0 Å². The molecule has 1 atom stereocenters. The zero-order valence-corrected chi connectivity index (χ0v) is 10.6. The molecule has 1 fully saturated rings. The van der Waals surface area contributed by atoms with Gasteiger partial charge < -0.3 is 10.0 Å². The summed E-state index contributed by atoms with van der Waals surface area (Å²) >= 11 is 0. The average Bonchev–Trinajstić information content (AvgIpc) is 3.09. The number of hydrogen-bond acceptors (Lipinski definition) is 2. The second-order valence-electron chi connectivity index (χ2n) is 5.11. The van der Waals surface area contributed by atoms with Crippen LogP contribution in [0.3, 0.4) is 0 Å². The van der Waals surface area contributed by atoms with Crippen LogP contribution in [0.15, 0.2) is 24.3 Å². The van der Waals surface area contributed by atoms with Gasteiger partial charge in [-0.1, -0.05) is 12.1 Å². The Morgan fingerprint density at radius 1 is 1.29 bits per heavy atom. The van der Waals surface area contributed by atoms with Crippen molar-refractivity contribution in [1.29, 1.82) is 0 Å². The molecule has 1 saturated carbocycles. The largest absolute Gasteiger partial charge is 0.392 e. The highest BCUT2D eigenvalue weighted by Gasteiger charge is 2.48. The second kappa shape index (κ2) is 4.15. The third-order valence-electron chi connectivity index (χ3n) is 3.70. The molecule has 1 unspecified atom stereocenters. The van der Waals surface area contributed by atoms with Crippen molar-refractivity contribution < 1.29 is 9.90 Å². The quantitative estimate of drug-likeness (QED) is 0.865. The van der Waals surface area contributed by atoms with Crippen molar-refractivity contribution in [3.05, 3.63) is 35.4 Å². The number of rotatable bonds is 3. The lowest BCUT2D eigenvalue weighted by Gasteiger charge is -2.19. The summed E-state index contributed by atoms with van der Waals surface area (Å²) in [5.74, 6) is 0.0124. The number of carbonyl (C=O) groups excluding carboxylic acids is 1. The molecule has 17 heavy (non-hydrogen) atoms. The first-order valence-corrected chi connectivity index (χ1v) is 5.97. The van der Waals surface area contributed by atoms with Gasteiger partial charge in [0, 0.05) is 25.1 Å². The summed E-state index contributed by atoms with van der Waals surface area (Å²) < 4.78 is 0. The number of benzene rings is 1. The number of nitrogens with zero attached hydrogens (tertiary/aromatic N) is 1. The van der Waals surface area contributed by atoms with Crippen LogP contribution < -0.4 is 0 Å². The Hall–Kier alpha value is -1.35. The van der Waals surface area contributed by atoms with Crippen molar-refractivity contribution in [2.75, 3.05) is 14.1 Å². The van der Waals surface area contributed by atoms with E-state index in [1.54, 1.807) is 19.0 Å². The minimum Gasteiger partial charge on any atom is -0.392 e. The molecular formula is C14H19NO2. The van der Waals surface area contributed by atoms with Crippen molar-refractivity contribution in [3.63, 3.8) is 0 Å². The van der Waals surface area contributed by atoms with Crippen LogP contribution in [0.5, 0.6) is 0 Å². The SMILES string of the molecule is CC(O)C1(c2ccc(C(=O)N(C)C)cc2)CC1. The second-order valence-corrected chi connectivity index (χ2v) is 5.11. The van der Waals surface area contributed by atoms with Gasteiger partial charge in [0.05, 0.1) is 6.10 Å². The topological polar surface area (TPSA) is 40.5 Å². The fraction of sp³-hybridized carbons (Fsp3) is 0.500. The molecule has 1 amide bonds. The molecule has 2 rings (SSSR count). The lowest BCUT2D eigenvalue weighted by molar-refractivity contribution is 0.0827. The monoisotopic (exact) mass is 233 g/mol. The third kappa shape index (κ3) is 2.07. The Morgan fingerprint density at radius 2 is 1.82 bits per heavy atom. The van der Waals surface area contributed by atoms with Crippen LogP contribution in [0.4, 0.5) is 0 Å². The van der Waals surface area contributed by atoms with Crippen LogP contribution in [0.2, 0.25) is 0 Å². The summed E-state index contributed by atoms with van der Waals surface area (Å²) in [6.45, 7) is 1.84. The Labute approximate surface area is 102 Å². The maximum atomic E-state index is 11.7. The molecule has 0 bridgehead atoms. The van der Waals surface area contributed by atoms with Gasteiger partial charge in [-0.3, -0.25) is 4.79 Å². The molecule has 3 nitrogen and oxygen atoms in total. The van der Waals surface area contributed by atoms with E-state index in [0.29, 0.717) is 5.56 Å². The molecule has 1 aromatic carbocycles. The van der Waals surface area contributed by atoms with Gasteiger partial charge in [0.25, 0.3) is 5.91 Å². The predicted octanol–water partition coefficient (Wildman–Crippen LogP) is 1.80. The van der Waals surface area contributed by atoms with E-state index in [1.807, 2.05) is 31.2 Å². The third-order valence-corrected chi connectivity index (χ3v) is 3.70. The van der Waals surface area contributed by atoms with Crippen LogP contribution in [-0.2, 0) is 5.41 Å². The van der Waals surface area contributed by atoms with E-state index < -0.39 is 0 Å². The van der Waals surface area contributed by atoms with Crippen LogP contribution in [0, 0.1) is 0 Å². The highest BCUT2D eigenvalue weighted by atomic mass is 16.3. The summed E-state index contributed by atoms with van der Waals surface area (Å²) in [6, 6.07) is 7.63. The molecule has 0 aliphatic heterocycles. The number of aliphatic hydroxyl groups is 1. The van der Waals surface area contributed by atoms with Gasteiger partial charge >= 0.3 is 0 Å². The highest BCUT2D eigenvalue weighted by Crippen LogP contribution is 2.50. The van der Waals surface area contributed by atoms with Gasteiger partial charge in [-0.25, -0.2) is 0 Å². The maximum absolute atomic E-state index is 11.7. The van der Waals surface area contributed by atoms with E-state index in [0.717, 1.165) is 18.4 Å². The van der Waals surface area contributed by atoms with Crippen LogP contribution in [-0.4, -0.2) is 36.1 Å². The molecule has 0 spiro atoms. The molecule has 0 aromatic heterocycles. The summed E-state index contributed by atoms with van der Waals surface area (Å²) in [4.78, 5) is 13.3. The maximum Gasteiger partial charge on any atom is 0.253 e. The Bertz CT molecular complexity index is 416. The fourth-order valence-corrected chi connectivity index (χ4v) is 2.29. The minimum atomic E-state index is -0.321. The van der Waals surface area contributed by atoms with E-state index in [4.69, 9.17) is 0 Å². The summed E-state index contributed by atoms with van der Waals surface area (Å²) in [5.41, 5.74) is 1.78. The van der Waals surface area contributed by atoms with E-state index in [2.05, 4.69) is 0 Å². The first-order valence-electron chi connectivity index (χ1n) is 5.97.